The molecular weight excluding hydrogens is 290 g/mol. The van der Waals surface area contributed by atoms with Gasteiger partial charge in [-0.15, -0.1) is 10.2 Å². The molecule has 23 heavy (non-hydrogen) atoms. The molecule has 0 aliphatic carbocycles. The van der Waals surface area contributed by atoms with Crippen molar-refractivity contribution < 1.29 is 4.74 Å². The van der Waals surface area contributed by atoms with E-state index in [0.29, 0.717) is 12.0 Å². The molecule has 0 aromatic carbocycles. The van der Waals surface area contributed by atoms with Crippen LogP contribution in [0, 0.1) is 0 Å². The lowest BCUT2D eigenvalue weighted by Gasteiger charge is -2.36. The Morgan fingerprint density at radius 2 is 1.91 bits per heavy atom. The molecule has 2 saturated heterocycles. The first-order valence-corrected chi connectivity index (χ1v) is 9.28. The van der Waals surface area contributed by atoms with Crippen molar-refractivity contribution in [3.63, 3.8) is 0 Å². The highest BCUT2D eigenvalue weighted by Crippen LogP contribution is 2.28. The van der Waals surface area contributed by atoms with Crippen LogP contribution < -0.4 is 0 Å². The van der Waals surface area contributed by atoms with Gasteiger partial charge >= 0.3 is 0 Å². The normalized spacial score (nSPS) is 29.8. The van der Waals surface area contributed by atoms with E-state index in [4.69, 9.17) is 4.74 Å². The van der Waals surface area contributed by atoms with Crippen LogP contribution in [0.2, 0.25) is 0 Å². The molecule has 2 fully saturated rings. The maximum absolute atomic E-state index is 5.64. The number of ether oxygens (including phenoxy) is 1. The molecule has 128 valence electrons. The molecule has 0 bridgehead atoms. The van der Waals surface area contributed by atoms with Crippen molar-refractivity contribution >= 4 is 0 Å². The van der Waals surface area contributed by atoms with Gasteiger partial charge in [0.15, 0.2) is 0 Å². The fourth-order valence-corrected chi connectivity index (χ4v) is 4.32. The number of rotatable bonds is 4. The molecule has 0 unspecified atom stereocenters. The van der Waals surface area contributed by atoms with E-state index in [0.717, 1.165) is 39.2 Å². The van der Waals surface area contributed by atoms with Gasteiger partial charge in [0.05, 0.1) is 12.7 Å². The second kappa shape index (κ2) is 6.87. The number of aryl methyl sites for hydroxylation is 1. The molecular formula is C17H29N5O. The number of morpholine rings is 1. The lowest BCUT2D eigenvalue weighted by molar-refractivity contribution is -0.0212. The average Bonchev–Trinajstić information content (AvgIpc) is 3.16. The van der Waals surface area contributed by atoms with E-state index in [9.17, 15) is 0 Å². The summed E-state index contributed by atoms with van der Waals surface area (Å²) in [5.74, 6) is 3.04. The molecule has 1 aromatic rings. The Labute approximate surface area is 138 Å². The maximum atomic E-state index is 5.64. The van der Waals surface area contributed by atoms with Crippen LogP contribution in [0.25, 0.3) is 0 Å². The van der Waals surface area contributed by atoms with Crippen LogP contribution in [-0.4, -0.2) is 76.5 Å². The predicted molar refractivity (Wildman–Crippen MR) is 88.6 cm³/mol. The minimum Gasteiger partial charge on any atom is -0.376 e. The van der Waals surface area contributed by atoms with E-state index in [-0.39, 0.29) is 0 Å². The van der Waals surface area contributed by atoms with Crippen molar-refractivity contribution in [2.75, 3.05) is 45.9 Å². The highest BCUT2D eigenvalue weighted by atomic mass is 16.5. The van der Waals surface area contributed by atoms with E-state index in [2.05, 4.69) is 31.5 Å². The van der Waals surface area contributed by atoms with E-state index in [1.165, 1.54) is 50.5 Å². The van der Waals surface area contributed by atoms with Gasteiger partial charge in [-0.2, -0.15) is 0 Å². The smallest absolute Gasteiger partial charge is 0.137 e. The van der Waals surface area contributed by atoms with Crippen LogP contribution >= 0.6 is 0 Å². The topological polar surface area (TPSA) is 46.4 Å². The van der Waals surface area contributed by atoms with Crippen LogP contribution in [0.15, 0.2) is 0 Å². The van der Waals surface area contributed by atoms with Gasteiger partial charge in [0.1, 0.15) is 11.6 Å². The standard InChI is InChI=1S/C17H29N5O/c1-14-12-21(10-11-23-14)9-8-20-6-2-4-15(13-20)17-19-18-16-5-3-7-22(16)17/h14-15H,2-13H2,1H3/t14-,15-/m0/s1. The number of nitrogens with zero attached hydrogens (tertiary/aromatic N) is 5. The summed E-state index contributed by atoms with van der Waals surface area (Å²) in [5.41, 5.74) is 0. The van der Waals surface area contributed by atoms with Crippen LogP contribution in [0.4, 0.5) is 0 Å². The van der Waals surface area contributed by atoms with Crippen LogP contribution in [0.1, 0.15) is 43.8 Å². The van der Waals surface area contributed by atoms with Gasteiger partial charge in [-0.05, 0) is 32.7 Å². The number of hydrogen-bond donors (Lipinski definition) is 0. The SMILES string of the molecule is C[C@H]1CN(CCN2CCC[C@H](c3nnc4n3CCC4)C2)CCO1. The summed E-state index contributed by atoms with van der Waals surface area (Å²) >= 11 is 0. The molecule has 0 N–H and O–H groups in total. The Morgan fingerprint density at radius 3 is 2.78 bits per heavy atom. The van der Waals surface area contributed by atoms with Crippen molar-refractivity contribution in [2.24, 2.45) is 0 Å². The summed E-state index contributed by atoms with van der Waals surface area (Å²) in [5, 5.41) is 8.91. The molecule has 3 aliphatic heterocycles. The summed E-state index contributed by atoms with van der Waals surface area (Å²) in [6.07, 6.45) is 5.29. The molecule has 0 amide bonds. The average molecular weight is 319 g/mol. The molecule has 0 saturated carbocycles. The first-order chi connectivity index (χ1) is 11.3. The fraction of sp³-hybridized carbons (Fsp3) is 0.882. The monoisotopic (exact) mass is 319 g/mol. The number of likely N-dealkylation sites (tertiary alicyclic amines) is 1. The number of hydrogen-bond acceptors (Lipinski definition) is 5. The quantitative estimate of drug-likeness (QED) is 0.832. The Kier molecular flexibility index (Phi) is 4.64. The maximum Gasteiger partial charge on any atom is 0.137 e. The fourth-order valence-electron chi connectivity index (χ4n) is 4.32. The summed E-state index contributed by atoms with van der Waals surface area (Å²) < 4.78 is 8.02. The third kappa shape index (κ3) is 3.44. The second-order valence-corrected chi connectivity index (χ2v) is 7.35. The van der Waals surface area contributed by atoms with Crippen molar-refractivity contribution in [3.8, 4) is 0 Å². The van der Waals surface area contributed by atoms with Gasteiger partial charge in [0, 0.05) is 51.6 Å². The molecule has 0 radical (unpaired) electrons. The van der Waals surface area contributed by atoms with E-state index < -0.39 is 0 Å². The van der Waals surface area contributed by atoms with E-state index in [1.807, 2.05) is 0 Å². The highest BCUT2D eigenvalue weighted by molar-refractivity contribution is 5.07. The van der Waals surface area contributed by atoms with Crippen molar-refractivity contribution in [2.45, 2.75) is 51.2 Å². The predicted octanol–water partition coefficient (Wildman–Crippen LogP) is 1.12. The zero-order valence-corrected chi connectivity index (χ0v) is 14.3. The number of fused-ring (bicyclic) bond motifs is 1. The molecule has 1 aromatic heterocycles. The molecule has 6 heteroatoms. The molecule has 4 heterocycles. The Morgan fingerprint density at radius 1 is 1.04 bits per heavy atom. The van der Waals surface area contributed by atoms with Crippen molar-refractivity contribution in [3.05, 3.63) is 11.6 Å². The minimum atomic E-state index is 0.386. The second-order valence-electron chi connectivity index (χ2n) is 7.35. The van der Waals surface area contributed by atoms with Crippen LogP contribution in [-0.2, 0) is 17.7 Å². The summed E-state index contributed by atoms with van der Waals surface area (Å²) in [7, 11) is 0. The van der Waals surface area contributed by atoms with Gasteiger partial charge in [0.25, 0.3) is 0 Å². The lowest BCUT2D eigenvalue weighted by atomic mass is 9.97. The minimum absolute atomic E-state index is 0.386. The van der Waals surface area contributed by atoms with Gasteiger partial charge in [-0.3, -0.25) is 4.90 Å². The molecule has 6 nitrogen and oxygen atoms in total. The zero-order valence-electron chi connectivity index (χ0n) is 14.3. The molecule has 0 spiro atoms. The Balaban J connectivity index is 1.32. The van der Waals surface area contributed by atoms with Crippen LogP contribution in [0.3, 0.4) is 0 Å². The largest absolute Gasteiger partial charge is 0.376 e. The van der Waals surface area contributed by atoms with Crippen molar-refractivity contribution in [1.29, 1.82) is 0 Å². The number of aromatic nitrogens is 3. The third-order valence-electron chi connectivity index (χ3n) is 5.57. The Bertz CT molecular complexity index is 531. The van der Waals surface area contributed by atoms with Gasteiger partial charge in [-0.25, -0.2) is 0 Å². The molecule has 3 aliphatic rings. The van der Waals surface area contributed by atoms with E-state index >= 15 is 0 Å². The first kappa shape index (κ1) is 15.5. The zero-order chi connectivity index (χ0) is 15.6. The summed E-state index contributed by atoms with van der Waals surface area (Å²) in [4.78, 5) is 5.18. The highest BCUT2D eigenvalue weighted by Gasteiger charge is 2.28. The summed E-state index contributed by atoms with van der Waals surface area (Å²) in [6.45, 7) is 11.1. The van der Waals surface area contributed by atoms with Crippen molar-refractivity contribution in [1.82, 2.24) is 24.6 Å². The summed E-state index contributed by atoms with van der Waals surface area (Å²) in [6, 6.07) is 0. The third-order valence-corrected chi connectivity index (χ3v) is 5.57. The van der Waals surface area contributed by atoms with Crippen LogP contribution in [0.5, 0.6) is 0 Å². The van der Waals surface area contributed by atoms with Gasteiger partial charge in [-0.1, -0.05) is 0 Å². The first-order valence-electron chi connectivity index (χ1n) is 9.28. The van der Waals surface area contributed by atoms with Gasteiger partial charge in [0.2, 0.25) is 0 Å². The molecule has 2 atom stereocenters. The Hall–Kier alpha value is -0.980. The van der Waals surface area contributed by atoms with Gasteiger partial charge < -0.3 is 14.2 Å². The lowest BCUT2D eigenvalue weighted by Crippen LogP contribution is -2.46. The molecule has 4 rings (SSSR count). The number of piperidine rings is 1. The van der Waals surface area contributed by atoms with E-state index in [1.54, 1.807) is 0 Å².